The summed E-state index contributed by atoms with van der Waals surface area (Å²) in [7, 11) is 1.45. The zero-order valence-electron chi connectivity index (χ0n) is 26.0. The second-order valence-electron chi connectivity index (χ2n) is 10.9. The van der Waals surface area contributed by atoms with Crippen LogP contribution in [0.5, 0.6) is 5.75 Å². The molecule has 1 aliphatic heterocycles. The number of aryl methyl sites for hydroxylation is 1. The number of aromatic nitrogens is 2. The van der Waals surface area contributed by atoms with E-state index in [4.69, 9.17) is 4.74 Å². The first-order valence-corrected chi connectivity index (χ1v) is 15.0. The van der Waals surface area contributed by atoms with Gasteiger partial charge in [-0.1, -0.05) is 52.4 Å². The van der Waals surface area contributed by atoms with Gasteiger partial charge in [0.05, 0.1) is 24.1 Å². The van der Waals surface area contributed by atoms with E-state index in [1.54, 1.807) is 18.2 Å². The minimum atomic E-state index is -4.51. The third-order valence-corrected chi connectivity index (χ3v) is 7.67. The van der Waals surface area contributed by atoms with Crippen molar-refractivity contribution < 1.29 is 27.5 Å². The maximum atomic E-state index is 12.9. The van der Waals surface area contributed by atoms with Gasteiger partial charge in [-0.05, 0) is 50.4 Å². The Morgan fingerprint density at radius 3 is 2.21 bits per heavy atom. The standard InChI is InChI=1S/C21H26F3N5O2.C8H16.C2H5NO/c1-4-29-9-7-15(8-10-29)27-19(30)14-5-6-17(18(11-14)31-3)28-20-25-12-16(13(2)26-20)21(22,23)24;1-2-8-6-4-3-5-7-8;1-2(3)4/h5-6,11-12,15H,4,7-10H2,1-3H3,(H,27,30)(H,25,26,28);8H,2-7H2,1H3;1H3,(H2,3,4). The van der Waals surface area contributed by atoms with E-state index < -0.39 is 11.7 Å². The molecule has 4 rings (SSSR count). The second kappa shape index (κ2) is 17.6. The van der Waals surface area contributed by atoms with E-state index in [1.807, 2.05) is 0 Å². The molecule has 1 saturated carbocycles. The Bertz CT molecular complexity index is 1160. The van der Waals surface area contributed by atoms with Crippen molar-refractivity contribution in [1.82, 2.24) is 20.2 Å². The van der Waals surface area contributed by atoms with Gasteiger partial charge in [-0.3, -0.25) is 9.59 Å². The first-order chi connectivity index (χ1) is 20.4. The van der Waals surface area contributed by atoms with Crippen molar-refractivity contribution in [2.45, 2.75) is 91.3 Å². The van der Waals surface area contributed by atoms with Crippen molar-refractivity contribution in [3.63, 3.8) is 0 Å². The molecule has 2 amide bonds. The predicted molar refractivity (Wildman–Crippen MR) is 162 cm³/mol. The summed E-state index contributed by atoms with van der Waals surface area (Å²) >= 11 is 0. The van der Waals surface area contributed by atoms with Crippen LogP contribution in [0, 0.1) is 12.8 Å². The lowest BCUT2D eigenvalue weighted by molar-refractivity contribution is -0.138. The Labute approximate surface area is 253 Å². The van der Waals surface area contributed by atoms with E-state index in [0.717, 1.165) is 44.6 Å². The van der Waals surface area contributed by atoms with Crippen LogP contribution < -0.4 is 21.1 Å². The lowest BCUT2D eigenvalue weighted by Gasteiger charge is -2.31. The summed E-state index contributed by atoms with van der Waals surface area (Å²) < 4.78 is 44.0. The van der Waals surface area contributed by atoms with E-state index in [-0.39, 0.29) is 29.5 Å². The molecule has 12 heteroatoms. The van der Waals surface area contributed by atoms with Gasteiger partial charge < -0.3 is 26.0 Å². The number of nitrogens with one attached hydrogen (secondary N) is 2. The number of carbonyl (C=O) groups is 2. The van der Waals surface area contributed by atoms with E-state index in [9.17, 15) is 22.8 Å². The molecule has 9 nitrogen and oxygen atoms in total. The highest BCUT2D eigenvalue weighted by atomic mass is 19.4. The lowest BCUT2D eigenvalue weighted by atomic mass is 9.88. The Morgan fingerprint density at radius 1 is 1.09 bits per heavy atom. The minimum Gasteiger partial charge on any atom is -0.495 e. The van der Waals surface area contributed by atoms with Crippen molar-refractivity contribution in [1.29, 1.82) is 0 Å². The molecule has 1 aromatic carbocycles. The summed E-state index contributed by atoms with van der Waals surface area (Å²) in [4.78, 5) is 31.8. The SMILES string of the molecule is CC(N)=O.CCC1CCCCC1.CCN1CCC(NC(=O)c2ccc(Nc3ncc(C(F)(F)F)c(C)n3)c(OC)c2)CC1. The Balaban J connectivity index is 0.000000448. The van der Waals surface area contributed by atoms with Gasteiger partial charge in [0.15, 0.2) is 0 Å². The van der Waals surface area contributed by atoms with E-state index in [1.165, 1.54) is 59.5 Å². The normalized spacial score (nSPS) is 16.2. The molecule has 240 valence electrons. The minimum absolute atomic E-state index is 0.00341. The van der Waals surface area contributed by atoms with Crippen molar-refractivity contribution in [3.05, 3.63) is 41.2 Å². The third-order valence-electron chi connectivity index (χ3n) is 7.67. The topological polar surface area (TPSA) is 122 Å². The van der Waals surface area contributed by atoms with Gasteiger partial charge in [0.1, 0.15) is 5.75 Å². The number of nitrogens with two attached hydrogens (primary N) is 1. The molecule has 0 atom stereocenters. The van der Waals surface area contributed by atoms with Gasteiger partial charge in [-0.25, -0.2) is 9.97 Å². The fraction of sp³-hybridized carbons (Fsp3) is 0.613. The zero-order valence-corrected chi connectivity index (χ0v) is 26.0. The van der Waals surface area contributed by atoms with Gasteiger partial charge in [0.25, 0.3) is 5.91 Å². The number of ether oxygens (including phenoxy) is 1. The van der Waals surface area contributed by atoms with Crippen LogP contribution in [-0.4, -0.2) is 59.5 Å². The molecule has 43 heavy (non-hydrogen) atoms. The predicted octanol–water partition coefficient (Wildman–Crippen LogP) is 6.24. The van der Waals surface area contributed by atoms with Gasteiger partial charge in [0.2, 0.25) is 11.9 Å². The van der Waals surface area contributed by atoms with Crippen LogP contribution in [0.4, 0.5) is 24.8 Å². The third kappa shape index (κ3) is 12.4. The number of methoxy groups -OCH3 is 1. The fourth-order valence-corrected chi connectivity index (χ4v) is 5.12. The van der Waals surface area contributed by atoms with Crippen LogP contribution in [-0.2, 0) is 11.0 Å². The highest BCUT2D eigenvalue weighted by Gasteiger charge is 2.33. The summed E-state index contributed by atoms with van der Waals surface area (Å²) in [5.74, 6) is 0.920. The molecule has 0 bridgehead atoms. The second-order valence-corrected chi connectivity index (χ2v) is 10.9. The number of rotatable bonds is 7. The largest absolute Gasteiger partial charge is 0.495 e. The average Bonchev–Trinajstić information content (AvgIpc) is 2.97. The summed E-state index contributed by atoms with van der Waals surface area (Å²) in [6.45, 7) is 9.94. The van der Waals surface area contributed by atoms with E-state index in [0.29, 0.717) is 17.0 Å². The summed E-state index contributed by atoms with van der Waals surface area (Å²) in [5.41, 5.74) is 4.27. The number of amides is 2. The van der Waals surface area contributed by atoms with E-state index >= 15 is 0 Å². The quantitative estimate of drug-likeness (QED) is 0.340. The molecule has 0 radical (unpaired) electrons. The molecule has 0 unspecified atom stereocenters. The van der Waals surface area contributed by atoms with Crippen molar-refractivity contribution in [3.8, 4) is 5.75 Å². The first kappa shape index (κ1) is 35.8. The molecule has 2 heterocycles. The summed E-state index contributed by atoms with van der Waals surface area (Å²) in [5, 5.41) is 5.91. The highest BCUT2D eigenvalue weighted by molar-refractivity contribution is 5.95. The van der Waals surface area contributed by atoms with Crippen LogP contribution in [0.15, 0.2) is 24.4 Å². The number of likely N-dealkylation sites (tertiary alicyclic amines) is 1. The molecular weight excluding hydrogens is 561 g/mol. The molecule has 2 aliphatic rings. The number of piperidine rings is 1. The molecule has 1 aromatic heterocycles. The zero-order chi connectivity index (χ0) is 32.0. The van der Waals surface area contributed by atoms with Crippen LogP contribution in [0.2, 0.25) is 0 Å². The molecule has 1 aliphatic carbocycles. The van der Waals surface area contributed by atoms with Crippen molar-refractivity contribution in [2.24, 2.45) is 11.7 Å². The molecule has 1 saturated heterocycles. The van der Waals surface area contributed by atoms with Gasteiger partial charge >= 0.3 is 6.18 Å². The first-order valence-electron chi connectivity index (χ1n) is 15.0. The van der Waals surface area contributed by atoms with Gasteiger partial charge in [-0.15, -0.1) is 0 Å². The lowest BCUT2D eigenvalue weighted by Crippen LogP contribution is -2.44. The molecule has 2 fully saturated rings. The number of alkyl halides is 3. The Morgan fingerprint density at radius 2 is 1.72 bits per heavy atom. The molecular formula is C31H47F3N6O3. The Hall–Kier alpha value is -3.41. The number of hydrogen-bond donors (Lipinski definition) is 3. The number of primary amides is 1. The number of hydrogen-bond acceptors (Lipinski definition) is 7. The number of anilines is 2. The number of carbonyl (C=O) groups excluding carboxylic acids is 2. The average molecular weight is 609 g/mol. The van der Waals surface area contributed by atoms with Crippen molar-refractivity contribution in [2.75, 3.05) is 32.1 Å². The monoisotopic (exact) mass is 608 g/mol. The number of halogens is 3. The summed E-state index contributed by atoms with van der Waals surface area (Å²) in [6, 6.07) is 4.94. The molecule has 4 N–H and O–H groups in total. The fourth-order valence-electron chi connectivity index (χ4n) is 5.12. The van der Waals surface area contributed by atoms with Gasteiger partial charge in [0, 0.05) is 37.8 Å². The van der Waals surface area contributed by atoms with Crippen LogP contribution >= 0.6 is 0 Å². The highest BCUT2D eigenvalue weighted by Crippen LogP contribution is 2.32. The van der Waals surface area contributed by atoms with Crippen LogP contribution in [0.25, 0.3) is 0 Å². The van der Waals surface area contributed by atoms with Crippen molar-refractivity contribution >= 4 is 23.5 Å². The maximum Gasteiger partial charge on any atom is 0.419 e. The molecule has 2 aromatic rings. The summed E-state index contributed by atoms with van der Waals surface area (Å²) in [6.07, 6.45) is 6.97. The number of benzene rings is 1. The molecule has 0 spiro atoms. The number of nitrogens with zero attached hydrogens (tertiary/aromatic N) is 3. The van der Waals surface area contributed by atoms with E-state index in [2.05, 4.69) is 45.1 Å². The Kier molecular flexibility index (Phi) is 14.7. The smallest absolute Gasteiger partial charge is 0.419 e. The van der Waals surface area contributed by atoms with Crippen LogP contribution in [0.3, 0.4) is 0 Å². The maximum absolute atomic E-state index is 12.9. The van der Waals surface area contributed by atoms with Gasteiger partial charge in [-0.2, -0.15) is 13.2 Å². The van der Waals surface area contributed by atoms with Crippen LogP contribution in [0.1, 0.15) is 93.8 Å².